The Bertz CT molecular complexity index is 804. The average molecular weight is 321 g/mol. The lowest BCUT2D eigenvalue weighted by Gasteiger charge is -2.48. The van der Waals surface area contributed by atoms with E-state index in [1.807, 2.05) is 19.1 Å². The molecule has 0 spiro atoms. The zero-order valence-electron chi connectivity index (χ0n) is 13.3. The maximum atomic E-state index is 9.94. The fraction of sp³-hybridized carbons (Fsp3) is 0.471. The lowest BCUT2D eigenvalue weighted by Crippen LogP contribution is -2.58. The van der Waals surface area contributed by atoms with Gasteiger partial charge in [0, 0.05) is 18.8 Å². The number of fused-ring (bicyclic) bond motifs is 2. The molecule has 24 heavy (non-hydrogen) atoms. The summed E-state index contributed by atoms with van der Waals surface area (Å²) < 4.78 is 11.8. The van der Waals surface area contributed by atoms with Crippen LogP contribution in [0, 0.1) is 56.2 Å². The van der Waals surface area contributed by atoms with Crippen molar-refractivity contribution in [3.63, 3.8) is 0 Å². The van der Waals surface area contributed by atoms with E-state index in [1.54, 1.807) is 19.1 Å². The first-order chi connectivity index (χ1) is 11.5. The Morgan fingerprint density at radius 2 is 1.83 bits per heavy atom. The van der Waals surface area contributed by atoms with Gasteiger partial charge in [-0.3, -0.25) is 10.4 Å². The third-order valence-electron chi connectivity index (χ3n) is 5.31. The quantitative estimate of drug-likeness (QED) is 0.891. The molecule has 4 unspecified atom stereocenters. The Kier molecular flexibility index (Phi) is 3.34. The second-order valence-corrected chi connectivity index (χ2v) is 6.05. The Morgan fingerprint density at radius 1 is 1.21 bits per heavy atom. The van der Waals surface area contributed by atoms with Crippen molar-refractivity contribution in [1.29, 1.82) is 21.2 Å². The molecule has 7 nitrogen and oxygen atoms in total. The van der Waals surface area contributed by atoms with Crippen LogP contribution in [0.3, 0.4) is 0 Å². The minimum atomic E-state index is -1.89. The van der Waals surface area contributed by atoms with E-state index in [1.165, 1.54) is 12.4 Å². The van der Waals surface area contributed by atoms with Crippen LogP contribution in [0.1, 0.15) is 31.9 Å². The number of aromatic nitrogens is 1. The summed E-state index contributed by atoms with van der Waals surface area (Å²) in [6, 6.07) is 9.33. The number of pyridine rings is 1. The van der Waals surface area contributed by atoms with Crippen LogP contribution in [0.15, 0.2) is 24.5 Å². The topological polar surface area (TPSA) is 127 Å². The van der Waals surface area contributed by atoms with Crippen molar-refractivity contribution in [2.75, 3.05) is 0 Å². The van der Waals surface area contributed by atoms with Crippen molar-refractivity contribution in [1.82, 2.24) is 4.98 Å². The lowest BCUT2D eigenvalue weighted by molar-refractivity contribution is -0.280. The van der Waals surface area contributed by atoms with Crippen molar-refractivity contribution in [2.24, 2.45) is 16.7 Å². The summed E-state index contributed by atoms with van der Waals surface area (Å²) in [5.74, 6) is -2.22. The molecule has 3 heterocycles. The van der Waals surface area contributed by atoms with E-state index in [2.05, 4.69) is 11.1 Å². The summed E-state index contributed by atoms with van der Waals surface area (Å²) in [4.78, 5) is 3.94. The van der Waals surface area contributed by atoms with E-state index in [4.69, 9.17) is 14.9 Å². The molecule has 4 atom stereocenters. The van der Waals surface area contributed by atoms with Crippen LogP contribution in [0.25, 0.3) is 0 Å². The van der Waals surface area contributed by atoms with Gasteiger partial charge in [-0.25, -0.2) is 0 Å². The van der Waals surface area contributed by atoms with Gasteiger partial charge in [-0.05, 0) is 17.7 Å². The van der Waals surface area contributed by atoms with Gasteiger partial charge in [0.15, 0.2) is 5.41 Å². The molecule has 0 amide bonds. The summed E-state index contributed by atoms with van der Waals surface area (Å²) in [5.41, 5.74) is -3.04. The van der Waals surface area contributed by atoms with Gasteiger partial charge in [0.25, 0.3) is 0 Å². The summed E-state index contributed by atoms with van der Waals surface area (Å²) in [5, 5.41) is 38.0. The molecule has 1 N–H and O–H groups in total. The molecule has 0 saturated carbocycles. The van der Waals surface area contributed by atoms with Crippen molar-refractivity contribution in [2.45, 2.75) is 32.2 Å². The largest absolute Gasteiger partial charge is 0.447 e. The molecule has 0 aromatic carbocycles. The van der Waals surface area contributed by atoms with Gasteiger partial charge in [0.05, 0.1) is 24.1 Å². The minimum absolute atomic E-state index is 0.376. The number of nitriles is 3. The monoisotopic (exact) mass is 321 g/mol. The zero-order valence-corrected chi connectivity index (χ0v) is 13.3. The Labute approximate surface area is 139 Å². The molecular formula is C17H15N5O2. The number of ether oxygens (including phenoxy) is 2. The Balaban J connectivity index is 2.34. The molecule has 1 aromatic rings. The van der Waals surface area contributed by atoms with E-state index >= 15 is 0 Å². The van der Waals surface area contributed by atoms with E-state index in [-0.39, 0.29) is 5.90 Å². The second-order valence-electron chi connectivity index (χ2n) is 6.05. The van der Waals surface area contributed by atoms with E-state index in [0.717, 1.165) is 0 Å². The number of hydrogen-bond donors (Lipinski definition) is 1. The van der Waals surface area contributed by atoms with Crippen LogP contribution in [-0.2, 0) is 9.47 Å². The number of nitrogens with one attached hydrogen (secondary N) is 1. The third kappa shape index (κ3) is 1.51. The van der Waals surface area contributed by atoms with Crippen LogP contribution in [0.2, 0.25) is 0 Å². The average Bonchev–Trinajstić information content (AvgIpc) is 2.78. The standard InChI is InChI=1S/C17H15N5O2/c1-3-17-11(2)16(10-20,14(21)24-17)15(8-18,9-19)13(23-17)12-4-6-22-7-5-12/h4-7,11,13,21H,3H2,1-2H3. The number of nitrogens with zero attached hydrogens (tertiary/aromatic N) is 4. The van der Waals surface area contributed by atoms with Crippen LogP contribution in [-0.4, -0.2) is 16.7 Å². The third-order valence-corrected chi connectivity index (χ3v) is 5.31. The molecule has 2 fully saturated rings. The molecule has 2 saturated heterocycles. The molecule has 7 heteroatoms. The first kappa shape index (κ1) is 15.9. The highest BCUT2D eigenvalue weighted by molar-refractivity contribution is 5.89. The van der Waals surface area contributed by atoms with Gasteiger partial charge in [-0.1, -0.05) is 13.8 Å². The van der Waals surface area contributed by atoms with E-state index < -0.39 is 28.6 Å². The summed E-state index contributed by atoms with van der Waals surface area (Å²) in [6.07, 6.45) is 2.42. The predicted molar refractivity (Wildman–Crippen MR) is 80.8 cm³/mol. The van der Waals surface area contributed by atoms with E-state index in [9.17, 15) is 15.8 Å². The highest BCUT2D eigenvalue weighted by Gasteiger charge is 2.78. The highest BCUT2D eigenvalue weighted by Crippen LogP contribution is 2.66. The summed E-state index contributed by atoms with van der Waals surface area (Å²) in [6.45, 7) is 3.52. The van der Waals surface area contributed by atoms with Crippen molar-refractivity contribution < 1.29 is 9.47 Å². The zero-order chi connectivity index (χ0) is 17.6. The second kappa shape index (κ2) is 5.03. The van der Waals surface area contributed by atoms with Crippen molar-refractivity contribution >= 4 is 5.90 Å². The maximum Gasteiger partial charge on any atom is 0.217 e. The van der Waals surface area contributed by atoms with Gasteiger partial charge in [-0.15, -0.1) is 0 Å². The molecule has 2 bridgehead atoms. The molecule has 2 aliphatic rings. The minimum Gasteiger partial charge on any atom is -0.447 e. The molecule has 0 aliphatic carbocycles. The van der Waals surface area contributed by atoms with Gasteiger partial charge in [0.2, 0.25) is 17.1 Å². The fourth-order valence-corrected chi connectivity index (χ4v) is 3.88. The molecule has 2 aliphatic heterocycles. The maximum absolute atomic E-state index is 9.94. The first-order valence-corrected chi connectivity index (χ1v) is 7.57. The Hall–Kier alpha value is -2.95. The van der Waals surface area contributed by atoms with Crippen LogP contribution in [0.4, 0.5) is 0 Å². The van der Waals surface area contributed by atoms with E-state index in [0.29, 0.717) is 12.0 Å². The smallest absolute Gasteiger partial charge is 0.217 e. The normalized spacial score (nSPS) is 36.0. The predicted octanol–water partition coefficient (Wildman–Crippen LogP) is 2.45. The lowest BCUT2D eigenvalue weighted by atomic mass is 9.53. The fourth-order valence-electron chi connectivity index (χ4n) is 3.88. The number of rotatable bonds is 2. The summed E-state index contributed by atoms with van der Waals surface area (Å²) >= 11 is 0. The SMILES string of the molecule is CCC12OC(=N)C(C#N)(C1C)C(C#N)(C#N)C(c1ccncc1)O2. The van der Waals surface area contributed by atoms with Crippen LogP contribution in [0.5, 0.6) is 0 Å². The molecular weight excluding hydrogens is 306 g/mol. The molecule has 3 rings (SSSR count). The molecule has 120 valence electrons. The van der Waals surface area contributed by atoms with Crippen LogP contribution < -0.4 is 0 Å². The van der Waals surface area contributed by atoms with Crippen molar-refractivity contribution in [3.8, 4) is 18.2 Å². The number of hydrogen-bond acceptors (Lipinski definition) is 7. The molecule has 1 aromatic heterocycles. The van der Waals surface area contributed by atoms with Crippen LogP contribution >= 0.6 is 0 Å². The van der Waals surface area contributed by atoms with Crippen molar-refractivity contribution in [3.05, 3.63) is 30.1 Å². The summed E-state index contributed by atoms with van der Waals surface area (Å²) in [7, 11) is 0. The first-order valence-electron chi connectivity index (χ1n) is 7.57. The highest BCUT2D eigenvalue weighted by atomic mass is 16.7. The Morgan fingerprint density at radius 3 is 2.33 bits per heavy atom. The molecule has 0 radical (unpaired) electrons. The van der Waals surface area contributed by atoms with Gasteiger partial charge in [-0.2, -0.15) is 15.8 Å². The van der Waals surface area contributed by atoms with Gasteiger partial charge < -0.3 is 9.47 Å². The van der Waals surface area contributed by atoms with Gasteiger partial charge in [0.1, 0.15) is 6.10 Å². The van der Waals surface area contributed by atoms with Gasteiger partial charge >= 0.3 is 0 Å².